The number of amidine groups is 1. The van der Waals surface area contributed by atoms with Crippen LogP contribution in [0.5, 0.6) is 0 Å². The summed E-state index contributed by atoms with van der Waals surface area (Å²) in [6, 6.07) is 4.02. The van der Waals surface area contributed by atoms with Gasteiger partial charge in [-0.3, -0.25) is 4.99 Å². The van der Waals surface area contributed by atoms with Gasteiger partial charge in [0.25, 0.3) is 0 Å². The fourth-order valence-corrected chi connectivity index (χ4v) is 3.03. The van der Waals surface area contributed by atoms with Crippen LogP contribution in [-0.4, -0.2) is 23.5 Å². The first-order valence-electron chi connectivity index (χ1n) is 6.43. The molecule has 2 nitrogen and oxygen atoms in total. The molecule has 1 N–H and O–H groups in total. The second-order valence-electron chi connectivity index (χ2n) is 4.94. The first kappa shape index (κ1) is 14.3. The Morgan fingerprint density at radius 3 is 2.58 bits per heavy atom. The lowest BCUT2D eigenvalue weighted by molar-refractivity contribution is 0.490. The van der Waals surface area contributed by atoms with E-state index in [4.69, 9.17) is 0 Å². The summed E-state index contributed by atoms with van der Waals surface area (Å²) in [6.45, 7) is 4.89. The molecule has 0 bridgehead atoms. The van der Waals surface area contributed by atoms with E-state index in [-0.39, 0.29) is 0 Å². The minimum Gasteiger partial charge on any atom is -0.362 e. The summed E-state index contributed by atoms with van der Waals surface area (Å²) < 4.78 is 26.0. The van der Waals surface area contributed by atoms with Gasteiger partial charge in [-0.2, -0.15) is 0 Å². The lowest BCUT2D eigenvalue weighted by atomic mass is 10.1. The van der Waals surface area contributed by atoms with E-state index in [0.29, 0.717) is 30.5 Å². The second-order valence-corrected chi connectivity index (χ2v) is 5.94. The minimum atomic E-state index is -0.532. The summed E-state index contributed by atoms with van der Waals surface area (Å²) in [6.07, 6.45) is 0.546. The Labute approximate surface area is 116 Å². The highest BCUT2D eigenvalue weighted by Crippen LogP contribution is 2.19. The molecular weight excluding hydrogens is 266 g/mol. The molecule has 0 amide bonds. The quantitative estimate of drug-likeness (QED) is 0.921. The molecule has 1 aromatic rings. The maximum Gasteiger partial charge on any atom is 0.156 e. The molecule has 2 unspecified atom stereocenters. The van der Waals surface area contributed by atoms with Crippen molar-refractivity contribution in [3.05, 3.63) is 35.4 Å². The third-order valence-corrected chi connectivity index (χ3v) is 4.48. The molecule has 0 aromatic heterocycles. The first-order valence-corrected chi connectivity index (χ1v) is 7.42. The number of hydrogen-bond acceptors (Lipinski definition) is 2. The van der Waals surface area contributed by atoms with E-state index in [0.717, 1.165) is 17.0 Å². The van der Waals surface area contributed by atoms with Gasteiger partial charge in [-0.25, -0.2) is 8.78 Å². The van der Waals surface area contributed by atoms with Gasteiger partial charge < -0.3 is 5.32 Å². The van der Waals surface area contributed by atoms with Gasteiger partial charge in [-0.1, -0.05) is 18.7 Å². The van der Waals surface area contributed by atoms with Crippen LogP contribution < -0.4 is 5.32 Å². The average molecular weight is 284 g/mol. The van der Waals surface area contributed by atoms with Crippen molar-refractivity contribution in [2.24, 2.45) is 10.9 Å². The Morgan fingerprint density at radius 2 is 1.95 bits per heavy atom. The third kappa shape index (κ3) is 4.20. The number of thioether (sulfide) groups is 1. The third-order valence-electron chi connectivity index (χ3n) is 3.27. The molecule has 19 heavy (non-hydrogen) atoms. The highest BCUT2D eigenvalue weighted by atomic mass is 32.2. The van der Waals surface area contributed by atoms with E-state index >= 15 is 0 Å². The van der Waals surface area contributed by atoms with Crippen molar-refractivity contribution in [2.45, 2.75) is 26.3 Å². The molecule has 1 fully saturated rings. The maximum atomic E-state index is 13.0. The largest absolute Gasteiger partial charge is 0.362 e. The van der Waals surface area contributed by atoms with Crippen molar-refractivity contribution in [3.8, 4) is 0 Å². The smallest absolute Gasteiger partial charge is 0.156 e. The SMILES string of the molecule is CC1CSC(=NCCc2cc(F)cc(F)c2)NC1C. The fraction of sp³-hybridized carbons (Fsp3) is 0.500. The van der Waals surface area contributed by atoms with Crippen molar-refractivity contribution < 1.29 is 8.78 Å². The molecule has 2 rings (SSSR count). The number of halogens is 2. The van der Waals surface area contributed by atoms with E-state index in [1.165, 1.54) is 12.1 Å². The topological polar surface area (TPSA) is 24.4 Å². The number of nitrogens with one attached hydrogen (secondary N) is 1. The summed E-state index contributed by atoms with van der Waals surface area (Å²) in [4.78, 5) is 4.45. The molecule has 0 spiro atoms. The monoisotopic (exact) mass is 284 g/mol. The van der Waals surface area contributed by atoms with Crippen LogP contribution >= 0.6 is 11.8 Å². The molecule has 1 aliphatic rings. The van der Waals surface area contributed by atoms with E-state index in [1.54, 1.807) is 11.8 Å². The van der Waals surface area contributed by atoms with Gasteiger partial charge >= 0.3 is 0 Å². The lowest BCUT2D eigenvalue weighted by Gasteiger charge is -2.28. The molecule has 1 heterocycles. The van der Waals surface area contributed by atoms with Gasteiger partial charge in [-0.15, -0.1) is 0 Å². The number of rotatable bonds is 3. The summed E-state index contributed by atoms with van der Waals surface area (Å²) in [5.41, 5.74) is 0.643. The van der Waals surface area contributed by atoms with Crippen molar-refractivity contribution in [2.75, 3.05) is 12.3 Å². The average Bonchev–Trinajstić information content (AvgIpc) is 2.32. The Hall–Kier alpha value is -1.10. The Kier molecular flexibility index (Phi) is 4.80. The molecule has 1 saturated heterocycles. The number of hydrogen-bond donors (Lipinski definition) is 1. The Bertz CT molecular complexity index is 456. The molecule has 5 heteroatoms. The van der Waals surface area contributed by atoms with Crippen LogP contribution in [0.1, 0.15) is 19.4 Å². The molecule has 2 atom stereocenters. The van der Waals surface area contributed by atoms with Gasteiger partial charge in [0.05, 0.1) is 0 Å². The van der Waals surface area contributed by atoms with Crippen LogP contribution in [0.25, 0.3) is 0 Å². The van der Waals surface area contributed by atoms with Gasteiger partial charge in [0.2, 0.25) is 0 Å². The Morgan fingerprint density at radius 1 is 1.26 bits per heavy atom. The number of nitrogens with zero attached hydrogens (tertiary/aromatic N) is 1. The van der Waals surface area contributed by atoms with Crippen LogP contribution in [0, 0.1) is 17.6 Å². The van der Waals surface area contributed by atoms with Crippen molar-refractivity contribution in [1.29, 1.82) is 0 Å². The number of aliphatic imine (C=N–C) groups is 1. The fourth-order valence-electron chi connectivity index (χ4n) is 1.87. The van der Waals surface area contributed by atoms with Crippen LogP contribution in [-0.2, 0) is 6.42 Å². The molecule has 0 aliphatic carbocycles. The second kappa shape index (κ2) is 6.37. The highest BCUT2D eigenvalue weighted by Gasteiger charge is 2.20. The van der Waals surface area contributed by atoms with Crippen LogP contribution in [0.15, 0.2) is 23.2 Å². The summed E-state index contributed by atoms with van der Waals surface area (Å²) in [5, 5.41) is 4.27. The van der Waals surface area contributed by atoms with Gasteiger partial charge in [0, 0.05) is 24.4 Å². The van der Waals surface area contributed by atoms with Gasteiger partial charge in [0.15, 0.2) is 5.17 Å². The van der Waals surface area contributed by atoms with E-state index < -0.39 is 11.6 Å². The van der Waals surface area contributed by atoms with Crippen LogP contribution in [0.4, 0.5) is 8.78 Å². The molecule has 0 radical (unpaired) electrons. The summed E-state index contributed by atoms with van der Waals surface area (Å²) >= 11 is 1.71. The predicted molar refractivity (Wildman–Crippen MR) is 76.6 cm³/mol. The highest BCUT2D eigenvalue weighted by molar-refractivity contribution is 8.13. The van der Waals surface area contributed by atoms with E-state index in [2.05, 4.69) is 24.2 Å². The summed E-state index contributed by atoms with van der Waals surface area (Å²) in [7, 11) is 0. The number of benzene rings is 1. The zero-order valence-electron chi connectivity index (χ0n) is 11.1. The molecular formula is C14H18F2N2S. The molecule has 0 saturated carbocycles. The van der Waals surface area contributed by atoms with Crippen molar-refractivity contribution >= 4 is 16.9 Å². The molecule has 104 valence electrons. The zero-order chi connectivity index (χ0) is 13.8. The van der Waals surface area contributed by atoms with E-state index in [1.807, 2.05) is 0 Å². The van der Waals surface area contributed by atoms with Crippen LogP contribution in [0.2, 0.25) is 0 Å². The first-order chi connectivity index (χ1) is 9.04. The van der Waals surface area contributed by atoms with Crippen molar-refractivity contribution in [1.82, 2.24) is 5.32 Å². The normalized spacial score (nSPS) is 25.4. The molecule has 1 aromatic carbocycles. The maximum absolute atomic E-state index is 13.0. The lowest BCUT2D eigenvalue weighted by Crippen LogP contribution is -2.41. The van der Waals surface area contributed by atoms with Gasteiger partial charge in [0.1, 0.15) is 11.6 Å². The predicted octanol–water partition coefficient (Wildman–Crippen LogP) is 3.22. The zero-order valence-corrected chi connectivity index (χ0v) is 11.9. The minimum absolute atomic E-state index is 0.423. The van der Waals surface area contributed by atoms with Crippen molar-refractivity contribution in [3.63, 3.8) is 0 Å². The van der Waals surface area contributed by atoms with Gasteiger partial charge in [-0.05, 0) is 37.0 Å². The van der Waals surface area contributed by atoms with E-state index in [9.17, 15) is 8.78 Å². The summed E-state index contributed by atoms with van der Waals surface area (Å²) in [5.74, 6) is 0.619. The Balaban J connectivity index is 1.89. The van der Waals surface area contributed by atoms with Crippen LogP contribution in [0.3, 0.4) is 0 Å². The standard InChI is InChI=1S/C14H18F2N2S/c1-9-8-19-14(18-10(9)2)17-4-3-11-5-12(15)7-13(16)6-11/h5-7,9-10H,3-4,8H2,1-2H3,(H,17,18). The molecule has 1 aliphatic heterocycles.